The van der Waals surface area contributed by atoms with Gasteiger partial charge in [-0.3, -0.25) is 4.79 Å². The summed E-state index contributed by atoms with van der Waals surface area (Å²) in [6, 6.07) is 7.69. The SMILES string of the molecule is COCCNCC(=O)NC(C)(C)Cc1ccccc1Cl. The second kappa shape index (κ2) is 8.25. The van der Waals surface area contributed by atoms with Crippen LogP contribution in [0.25, 0.3) is 0 Å². The largest absolute Gasteiger partial charge is 0.383 e. The molecule has 0 bridgehead atoms. The van der Waals surface area contributed by atoms with Crippen LogP contribution >= 0.6 is 11.6 Å². The number of benzene rings is 1. The molecule has 1 amide bonds. The molecule has 0 unspecified atom stereocenters. The molecule has 0 radical (unpaired) electrons. The van der Waals surface area contributed by atoms with Crippen LogP contribution in [-0.4, -0.2) is 38.3 Å². The van der Waals surface area contributed by atoms with Gasteiger partial charge in [-0.2, -0.15) is 0 Å². The van der Waals surface area contributed by atoms with Gasteiger partial charge in [0.2, 0.25) is 5.91 Å². The predicted octanol–water partition coefficient (Wildman–Crippen LogP) is 2.01. The molecule has 0 heterocycles. The van der Waals surface area contributed by atoms with Crippen molar-refractivity contribution >= 4 is 17.5 Å². The number of halogens is 1. The molecule has 0 fully saturated rings. The number of hydrogen-bond acceptors (Lipinski definition) is 3. The summed E-state index contributed by atoms with van der Waals surface area (Å²) in [5.74, 6) is -0.0295. The van der Waals surface area contributed by atoms with Crippen molar-refractivity contribution in [3.05, 3.63) is 34.9 Å². The van der Waals surface area contributed by atoms with E-state index in [1.165, 1.54) is 0 Å². The lowest BCUT2D eigenvalue weighted by molar-refractivity contribution is -0.121. The average molecular weight is 299 g/mol. The number of rotatable bonds is 8. The van der Waals surface area contributed by atoms with Crippen molar-refractivity contribution in [1.29, 1.82) is 0 Å². The molecular weight excluding hydrogens is 276 g/mol. The van der Waals surface area contributed by atoms with E-state index in [1.54, 1.807) is 7.11 Å². The Balaban J connectivity index is 2.44. The van der Waals surface area contributed by atoms with Gasteiger partial charge in [0.15, 0.2) is 0 Å². The fraction of sp³-hybridized carbons (Fsp3) is 0.533. The fourth-order valence-electron chi connectivity index (χ4n) is 1.96. The van der Waals surface area contributed by atoms with E-state index in [2.05, 4.69) is 10.6 Å². The summed E-state index contributed by atoms with van der Waals surface area (Å²) in [5, 5.41) is 6.76. The zero-order chi connectivity index (χ0) is 15.0. The molecule has 4 nitrogen and oxygen atoms in total. The first-order valence-corrected chi connectivity index (χ1v) is 7.06. The smallest absolute Gasteiger partial charge is 0.234 e. The van der Waals surface area contributed by atoms with Crippen LogP contribution in [0, 0.1) is 0 Å². The Bertz CT molecular complexity index is 436. The summed E-state index contributed by atoms with van der Waals surface area (Å²) in [6.07, 6.45) is 0.691. The highest BCUT2D eigenvalue weighted by Crippen LogP contribution is 2.20. The highest BCUT2D eigenvalue weighted by Gasteiger charge is 2.21. The van der Waals surface area contributed by atoms with E-state index in [9.17, 15) is 4.79 Å². The second-order valence-corrected chi connectivity index (χ2v) is 5.78. The van der Waals surface area contributed by atoms with Crippen molar-refractivity contribution in [3.8, 4) is 0 Å². The second-order valence-electron chi connectivity index (χ2n) is 5.37. The lowest BCUT2D eigenvalue weighted by atomic mass is 9.95. The predicted molar refractivity (Wildman–Crippen MR) is 82.1 cm³/mol. The number of ether oxygens (including phenoxy) is 1. The maximum atomic E-state index is 11.8. The minimum atomic E-state index is -0.342. The normalized spacial score (nSPS) is 11.4. The van der Waals surface area contributed by atoms with Crippen molar-refractivity contribution in [2.75, 3.05) is 26.8 Å². The highest BCUT2D eigenvalue weighted by atomic mass is 35.5. The van der Waals surface area contributed by atoms with Crippen molar-refractivity contribution in [1.82, 2.24) is 10.6 Å². The van der Waals surface area contributed by atoms with Crippen molar-refractivity contribution in [2.24, 2.45) is 0 Å². The van der Waals surface area contributed by atoms with Crippen LogP contribution < -0.4 is 10.6 Å². The Labute approximate surface area is 125 Å². The quantitative estimate of drug-likeness (QED) is 0.722. The molecule has 2 N–H and O–H groups in total. The van der Waals surface area contributed by atoms with E-state index >= 15 is 0 Å². The number of hydrogen-bond donors (Lipinski definition) is 2. The van der Waals surface area contributed by atoms with E-state index in [4.69, 9.17) is 16.3 Å². The van der Waals surface area contributed by atoms with Gasteiger partial charge in [0.1, 0.15) is 0 Å². The minimum absolute atomic E-state index is 0.0295. The van der Waals surface area contributed by atoms with Crippen molar-refractivity contribution in [3.63, 3.8) is 0 Å². The summed E-state index contributed by atoms with van der Waals surface area (Å²) in [4.78, 5) is 11.8. The molecule has 1 rings (SSSR count). The van der Waals surface area contributed by atoms with E-state index < -0.39 is 0 Å². The molecule has 20 heavy (non-hydrogen) atoms. The van der Waals surface area contributed by atoms with Gasteiger partial charge >= 0.3 is 0 Å². The van der Waals surface area contributed by atoms with Crippen molar-refractivity contribution in [2.45, 2.75) is 25.8 Å². The van der Waals surface area contributed by atoms with Gasteiger partial charge in [0.25, 0.3) is 0 Å². The molecule has 0 saturated carbocycles. The van der Waals surface area contributed by atoms with E-state index in [0.29, 0.717) is 19.6 Å². The summed E-state index contributed by atoms with van der Waals surface area (Å²) < 4.78 is 4.91. The Hall–Kier alpha value is -1.10. The molecule has 0 aliphatic rings. The number of amides is 1. The number of carbonyl (C=O) groups is 1. The molecule has 1 aromatic rings. The Morgan fingerprint density at radius 1 is 1.35 bits per heavy atom. The first-order valence-electron chi connectivity index (χ1n) is 6.69. The number of carbonyl (C=O) groups excluding carboxylic acids is 1. The van der Waals surface area contributed by atoms with Gasteiger partial charge < -0.3 is 15.4 Å². The molecule has 0 atom stereocenters. The van der Waals surface area contributed by atoms with E-state index in [1.807, 2.05) is 38.1 Å². The minimum Gasteiger partial charge on any atom is -0.383 e. The number of methoxy groups -OCH3 is 1. The molecule has 0 saturated heterocycles. The van der Waals surface area contributed by atoms with Gasteiger partial charge in [-0.25, -0.2) is 0 Å². The fourth-order valence-corrected chi connectivity index (χ4v) is 2.16. The molecule has 1 aromatic carbocycles. The van der Waals surface area contributed by atoms with Crippen LogP contribution in [-0.2, 0) is 16.0 Å². The molecule has 0 aliphatic heterocycles. The molecule has 0 aromatic heterocycles. The van der Waals surface area contributed by atoms with Crippen LogP contribution in [0.15, 0.2) is 24.3 Å². The summed E-state index contributed by atoms with van der Waals surface area (Å²) in [6.45, 7) is 5.52. The zero-order valence-corrected chi connectivity index (χ0v) is 13.1. The van der Waals surface area contributed by atoms with Crippen LogP contribution in [0.5, 0.6) is 0 Å². The maximum Gasteiger partial charge on any atom is 0.234 e. The lowest BCUT2D eigenvalue weighted by Crippen LogP contribution is -2.48. The third-order valence-corrected chi connectivity index (χ3v) is 3.21. The van der Waals surface area contributed by atoms with Crippen molar-refractivity contribution < 1.29 is 9.53 Å². The highest BCUT2D eigenvalue weighted by molar-refractivity contribution is 6.31. The molecule has 112 valence electrons. The van der Waals surface area contributed by atoms with E-state index in [-0.39, 0.29) is 18.0 Å². The lowest BCUT2D eigenvalue weighted by Gasteiger charge is -2.27. The van der Waals surface area contributed by atoms with E-state index in [0.717, 1.165) is 10.6 Å². The Kier molecular flexibility index (Phi) is 6.99. The molecule has 0 spiro atoms. The summed E-state index contributed by atoms with van der Waals surface area (Å²) >= 11 is 6.15. The van der Waals surface area contributed by atoms with Gasteiger partial charge in [0, 0.05) is 24.2 Å². The topological polar surface area (TPSA) is 50.4 Å². The molecule has 0 aliphatic carbocycles. The van der Waals surface area contributed by atoms with Crippen LogP contribution in [0.2, 0.25) is 5.02 Å². The first-order chi connectivity index (χ1) is 9.44. The number of nitrogens with one attached hydrogen (secondary N) is 2. The first kappa shape index (κ1) is 17.0. The van der Waals surface area contributed by atoms with Crippen LogP contribution in [0.1, 0.15) is 19.4 Å². The molecular formula is C15H23ClN2O2. The summed E-state index contributed by atoms with van der Waals surface area (Å²) in [7, 11) is 1.63. The van der Waals surface area contributed by atoms with Gasteiger partial charge in [-0.15, -0.1) is 0 Å². The van der Waals surface area contributed by atoms with Gasteiger partial charge in [0.05, 0.1) is 13.2 Å². The average Bonchev–Trinajstić information content (AvgIpc) is 2.36. The van der Waals surface area contributed by atoms with Crippen LogP contribution in [0.3, 0.4) is 0 Å². The third-order valence-electron chi connectivity index (χ3n) is 2.84. The maximum absolute atomic E-state index is 11.8. The summed E-state index contributed by atoms with van der Waals surface area (Å²) in [5.41, 5.74) is 0.692. The standard InChI is InChI=1S/C15H23ClN2O2/c1-15(2,10-12-6-4-5-7-13(12)16)18-14(19)11-17-8-9-20-3/h4-7,17H,8-11H2,1-3H3,(H,18,19). The monoisotopic (exact) mass is 298 g/mol. The Morgan fingerprint density at radius 2 is 2.05 bits per heavy atom. The molecule has 5 heteroatoms. The third kappa shape index (κ3) is 6.37. The zero-order valence-electron chi connectivity index (χ0n) is 12.3. The Morgan fingerprint density at radius 3 is 2.70 bits per heavy atom. The van der Waals surface area contributed by atoms with Gasteiger partial charge in [-0.1, -0.05) is 29.8 Å². The van der Waals surface area contributed by atoms with Gasteiger partial charge in [-0.05, 0) is 31.9 Å². The van der Waals surface area contributed by atoms with Crippen LogP contribution in [0.4, 0.5) is 0 Å².